The van der Waals surface area contributed by atoms with Crippen molar-refractivity contribution in [2.24, 2.45) is 0 Å². The molecule has 0 saturated heterocycles. The Morgan fingerprint density at radius 1 is 1.14 bits per heavy atom. The van der Waals surface area contributed by atoms with Gasteiger partial charge in [-0.25, -0.2) is 5.10 Å². The molecule has 2 amide bonds. The minimum absolute atomic E-state index is 0.0593. The van der Waals surface area contributed by atoms with Gasteiger partial charge in [-0.15, -0.1) is 0 Å². The molecule has 116 valence electrons. The molecule has 2 rings (SSSR count). The number of aromatic amines is 1. The number of hydrogen-bond donors (Lipinski definition) is 3. The number of unbranched alkanes of at least 4 members (excludes halogenated alkanes) is 2. The van der Waals surface area contributed by atoms with Crippen LogP contribution in [0.1, 0.15) is 43.1 Å². The molecule has 0 aliphatic carbocycles. The molecule has 0 spiro atoms. The summed E-state index contributed by atoms with van der Waals surface area (Å²) in [5, 5.41) is 6.84. The Labute approximate surface area is 127 Å². The molecule has 0 unspecified atom stereocenters. The van der Waals surface area contributed by atoms with Gasteiger partial charge in [0.1, 0.15) is 0 Å². The van der Waals surface area contributed by atoms with Gasteiger partial charge in [-0.05, 0) is 12.5 Å². The van der Waals surface area contributed by atoms with Gasteiger partial charge in [0, 0.05) is 11.8 Å². The lowest BCUT2D eigenvalue weighted by Gasteiger charge is -2.08. The van der Waals surface area contributed by atoms with Gasteiger partial charge in [0.15, 0.2) is 5.69 Å². The van der Waals surface area contributed by atoms with E-state index in [1.807, 2.05) is 6.92 Å². The van der Waals surface area contributed by atoms with Crippen LogP contribution < -0.4 is 16.4 Å². The van der Waals surface area contributed by atoms with E-state index < -0.39 is 5.91 Å². The van der Waals surface area contributed by atoms with Crippen molar-refractivity contribution < 1.29 is 9.59 Å². The number of carbonyl (C=O) groups is 2. The Morgan fingerprint density at radius 2 is 1.86 bits per heavy atom. The van der Waals surface area contributed by atoms with Crippen LogP contribution in [0, 0.1) is 0 Å². The van der Waals surface area contributed by atoms with Crippen molar-refractivity contribution in [3.63, 3.8) is 0 Å². The summed E-state index contributed by atoms with van der Waals surface area (Å²) in [5.74, 6) is -0.827. The molecule has 1 aromatic heterocycles. The lowest BCUT2D eigenvalue weighted by Crippen LogP contribution is -2.42. The predicted molar refractivity (Wildman–Crippen MR) is 82.1 cm³/mol. The highest BCUT2D eigenvalue weighted by Crippen LogP contribution is 2.11. The average molecular weight is 302 g/mol. The molecule has 22 heavy (non-hydrogen) atoms. The highest BCUT2D eigenvalue weighted by molar-refractivity contribution is 6.05. The van der Waals surface area contributed by atoms with E-state index in [0.29, 0.717) is 17.2 Å². The monoisotopic (exact) mass is 302 g/mol. The van der Waals surface area contributed by atoms with Crippen LogP contribution in [0.4, 0.5) is 0 Å². The second-order valence-corrected chi connectivity index (χ2v) is 4.91. The maximum atomic E-state index is 12.1. The highest BCUT2D eigenvalue weighted by Gasteiger charge is 2.14. The number of carbonyl (C=O) groups excluding carboxylic acids is 2. The van der Waals surface area contributed by atoms with Crippen LogP contribution in [-0.4, -0.2) is 22.0 Å². The standard InChI is InChI=1S/C15H18N4O3/c1-2-3-4-9-12(20)16-19-15(22)13-10-7-5-6-8-11(10)14(21)18-17-13/h5-8H,2-4,9H2,1H3,(H,16,20)(H,18,21)(H,19,22). The van der Waals surface area contributed by atoms with Crippen LogP contribution in [0.25, 0.3) is 10.8 Å². The number of amides is 2. The van der Waals surface area contributed by atoms with Crippen molar-refractivity contribution in [3.8, 4) is 0 Å². The second-order valence-electron chi connectivity index (χ2n) is 4.91. The molecule has 1 aromatic carbocycles. The zero-order valence-corrected chi connectivity index (χ0v) is 12.3. The van der Waals surface area contributed by atoms with Crippen molar-refractivity contribution in [1.29, 1.82) is 0 Å². The third kappa shape index (κ3) is 3.69. The number of benzene rings is 1. The van der Waals surface area contributed by atoms with Crippen LogP contribution in [0.3, 0.4) is 0 Å². The zero-order chi connectivity index (χ0) is 15.9. The van der Waals surface area contributed by atoms with Crippen molar-refractivity contribution >= 4 is 22.6 Å². The first-order chi connectivity index (χ1) is 10.6. The van der Waals surface area contributed by atoms with Gasteiger partial charge in [-0.3, -0.25) is 25.2 Å². The van der Waals surface area contributed by atoms with E-state index in [-0.39, 0.29) is 17.2 Å². The first-order valence-corrected chi connectivity index (χ1v) is 7.20. The van der Waals surface area contributed by atoms with E-state index in [4.69, 9.17) is 0 Å². The first-order valence-electron chi connectivity index (χ1n) is 7.20. The average Bonchev–Trinajstić information content (AvgIpc) is 2.53. The molecule has 0 atom stereocenters. The number of hydrogen-bond acceptors (Lipinski definition) is 4. The van der Waals surface area contributed by atoms with Crippen molar-refractivity contribution in [2.45, 2.75) is 32.6 Å². The number of aromatic nitrogens is 2. The van der Waals surface area contributed by atoms with E-state index in [1.165, 1.54) is 0 Å². The first kappa shape index (κ1) is 15.7. The van der Waals surface area contributed by atoms with E-state index in [0.717, 1.165) is 19.3 Å². The molecule has 0 aliphatic rings. The van der Waals surface area contributed by atoms with E-state index in [2.05, 4.69) is 21.0 Å². The summed E-state index contributed by atoms with van der Waals surface area (Å²) in [6.07, 6.45) is 3.12. The quantitative estimate of drug-likeness (QED) is 0.571. The SMILES string of the molecule is CCCCCC(=O)NNC(=O)c1n[nH]c(=O)c2ccccc12. The zero-order valence-electron chi connectivity index (χ0n) is 12.3. The van der Waals surface area contributed by atoms with Crippen LogP contribution in [0.5, 0.6) is 0 Å². The summed E-state index contributed by atoms with van der Waals surface area (Å²) in [5.41, 5.74) is 4.36. The number of hydrazine groups is 1. The predicted octanol–water partition coefficient (Wildman–Crippen LogP) is 1.26. The Balaban J connectivity index is 2.06. The van der Waals surface area contributed by atoms with Crippen molar-refractivity contribution in [1.82, 2.24) is 21.0 Å². The summed E-state index contributed by atoms with van der Waals surface area (Å²) in [7, 11) is 0. The summed E-state index contributed by atoms with van der Waals surface area (Å²) in [6.45, 7) is 2.05. The summed E-state index contributed by atoms with van der Waals surface area (Å²) in [6, 6.07) is 6.66. The number of rotatable bonds is 5. The molecule has 0 bridgehead atoms. The Morgan fingerprint density at radius 3 is 2.59 bits per heavy atom. The normalized spacial score (nSPS) is 10.4. The van der Waals surface area contributed by atoms with Gasteiger partial charge >= 0.3 is 0 Å². The molecule has 0 saturated carbocycles. The molecule has 7 heteroatoms. The van der Waals surface area contributed by atoms with E-state index in [1.54, 1.807) is 24.3 Å². The molecule has 0 aliphatic heterocycles. The van der Waals surface area contributed by atoms with Gasteiger partial charge in [0.25, 0.3) is 11.5 Å². The number of fused-ring (bicyclic) bond motifs is 1. The lowest BCUT2D eigenvalue weighted by atomic mass is 10.1. The number of H-pyrrole nitrogens is 1. The molecule has 0 fully saturated rings. The maximum absolute atomic E-state index is 12.1. The van der Waals surface area contributed by atoms with Crippen LogP contribution >= 0.6 is 0 Å². The molecule has 0 radical (unpaired) electrons. The molecule has 2 aromatic rings. The Bertz CT molecular complexity index is 739. The summed E-state index contributed by atoms with van der Waals surface area (Å²) >= 11 is 0. The summed E-state index contributed by atoms with van der Waals surface area (Å²) < 4.78 is 0. The molecule has 7 nitrogen and oxygen atoms in total. The van der Waals surface area contributed by atoms with Gasteiger partial charge in [-0.1, -0.05) is 38.0 Å². The number of nitrogens with one attached hydrogen (secondary N) is 3. The molecule has 1 heterocycles. The largest absolute Gasteiger partial charge is 0.290 e. The minimum atomic E-state index is -0.573. The van der Waals surface area contributed by atoms with Gasteiger partial charge in [0.2, 0.25) is 5.91 Å². The van der Waals surface area contributed by atoms with Crippen LogP contribution in [0.2, 0.25) is 0 Å². The van der Waals surface area contributed by atoms with Crippen molar-refractivity contribution in [2.75, 3.05) is 0 Å². The van der Waals surface area contributed by atoms with Crippen LogP contribution in [-0.2, 0) is 4.79 Å². The lowest BCUT2D eigenvalue weighted by molar-refractivity contribution is -0.121. The van der Waals surface area contributed by atoms with Crippen LogP contribution in [0.15, 0.2) is 29.1 Å². The summed E-state index contributed by atoms with van der Waals surface area (Å²) in [4.78, 5) is 35.3. The minimum Gasteiger partial charge on any atom is -0.273 e. The molecule has 3 N–H and O–H groups in total. The fraction of sp³-hybridized carbons (Fsp3) is 0.333. The van der Waals surface area contributed by atoms with Gasteiger partial charge in [0.05, 0.1) is 5.39 Å². The molecular formula is C15H18N4O3. The van der Waals surface area contributed by atoms with Gasteiger partial charge < -0.3 is 0 Å². The maximum Gasteiger partial charge on any atom is 0.290 e. The highest BCUT2D eigenvalue weighted by atomic mass is 16.2. The van der Waals surface area contributed by atoms with E-state index >= 15 is 0 Å². The van der Waals surface area contributed by atoms with E-state index in [9.17, 15) is 14.4 Å². The molecular weight excluding hydrogens is 284 g/mol. The number of nitrogens with zero attached hydrogens (tertiary/aromatic N) is 1. The Hall–Kier alpha value is -2.70. The second kappa shape index (κ2) is 7.35. The smallest absolute Gasteiger partial charge is 0.273 e. The third-order valence-electron chi connectivity index (χ3n) is 3.23. The fourth-order valence-electron chi connectivity index (χ4n) is 2.07. The topological polar surface area (TPSA) is 104 Å². The fourth-order valence-corrected chi connectivity index (χ4v) is 2.07. The van der Waals surface area contributed by atoms with Crippen molar-refractivity contribution in [3.05, 3.63) is 40.3 Å². The van der Waals surface area contributed by atoms with Gasteiger partial charge in [-0.2, -0.15) is 5.10 Å². The Kier molecular flexibility index (Phi) is 5.24. The third-order valence-corrected chi connectivity index (χ3v) is 3.23.